The van der Waals surface area contributed by atoms with Crippen molar-refractivity contribution in [2.24, 2.45) is 7.05 Å². The number of hydrogen-bond donors (Lipinski definition) is 1. The average Bonchev–Trinajstić information content (AvgIpc) is 2.97. The van der Waals surface area contributed by atoms with Crippen molar-refractivity contribution in [1.82, 2.24) is 4.57 Å². The van der Waals surface area contributed by atoms with Gasteiger partial charge in [0.05, 0.1) is 11.4 Å². The van der Waals surface area contributed by atoms with Crippen LogP contribution in [0.1, 0.15) is 24.8 Å². The highest BCUT2D eigenvalue weighted by Gasteiger charge is 2.46. The molecule has 1 aromatic heterocycles. The zero-order chi connectivity index (χ0) is 12.9. The van der Waals surface area contributed by atoms with Crippen LogP contribution in [0.2, 0.25) is 5.02 Å². The number of aryl methyl sites for hydroxylation is 1. The molecule has 1 fully saturated rings. The van der Waals surface area contributed by atoms with Gasteiger partial charge >= 0.3 is 5.97 Å². The number of aromatic nitrogens is 1. The van der Waals surface area contributed by atoms with Crippen LogP contribution in [-0.4, -0.2) is 15.6 Å². The van der Waals surface area contributed by atoms with Crippen molar-refractivity contribution in [3.05, 3.63) is 35.0 Å². The maximum atomic E-state index is 11.0. The van der Waals surface area contributed by atoms with E-state index in [2.05, 4.69) is 6.07 Å². The Balaban J connectivity index is 2.13. The van der Waals surface area contributed by atoms with Crippen molar-refractivity contribution in [3.8, 4) is 0 Å². The van der Waals surface area contributed by atoms with Gasteiger partial charge in [0.1, 0.15) is 0 Å². The van der Waals surface area contributed by atoms with Crippen LogP contribution in [-0.2, 0) is 17.3 Å². The fourth-order valence-electron chi connectivity index (χ4n) is 2.64. The van der Waals surface area contributed by atoms with Crippen molar-refractivity contribution in [1.29, 1.82) is 0 Å². The number of benzene rings is 1. The molecule has 0 spiro atoms. The second-order valence-corrected chi connectivity index (χ2v) is 5.58. The number of halogens is 1. The molecule has 2 aromatic rings. The molecule has 1 aliphatic carbocycles. The Kier molecular flexibility index (Phi) is 2.42. The highest BCUT2D eigenvalue weighted by molar-refractivity contribution is 6.35. The van der Waals surface area contributed by atoms with Gasteiger partial charge in [0.2, 0.25) is 0 Å². The fraction of sp³-hybridized carbons (Fsp3) is 0.357. The predicted octanol–water partition coefficient (Wildman–Crippen LogP) is 3.34. The molecular formula is C14H14ClNO2. The van der Waals surface area contributed by atoms with Gasteiger partial charge < -0.3 is 9.67 Å². The third kappa shape index (κ3) is 1.70. The highest BCUT2D eigenvalue weighted by atomic mass is 35.5. The van der Waals surface area contributed by atoms with Gasteiger partial charge in [-0.15, -0.1) is 0 Å². The van der Waals surface area contributed by atoms with Crippen molar-refractivity contribution in [3.63, 3.8) is 0 Å². The largest absolute Gasteiger partial charge is 0.481 e. The smallest absolute Gasteiger partial charge is 0.304 e. The monoisotopic (exact) mass is 263 g/mol. The molecule has 1 aromatic carbocycles. The minimum absolute atomic E-state index is 0.187. The first-order valence-electron chi connectivity index (χ1n) is 5.99. The van der Waals surface area contributed by atoms with E-state index in [9.17, 15) is 4.79 Å². The summed E-state index contributed by atoms with van der Waals surface area (Å²) in [7, 11) is 1.97. The number of rotatable bonds is 3. The zero-order valence-electron chi connectivity index (χ0n) is 10.1. The van der Waals surface area contributed by atoms with Gasteiger partial charge in [0, 0.05) is 29.6 Å². The molecule has 0 radical (unpaired) electrons. The van der Waals surface area contributed by atoms with Crippen LogP contribution in [0.4, 0.5) is 0 Å². The quantitative estimate of drug-likeness (QED) is 0.923. The molecule has 94 valence electrons. The third-order valence-corrected chi connectivity index (χ3v) is 4.22. The molecular weight excluding hydrogens is 250 g/mol. The lowest BCUT2D eigenvalue weighted by atomic mass is 9.92. The number of carbonyl (C=O) groups is 1. The van der Waals surface area contributed by atoms with Crippen LogP contribution >= 0.6 is 11.6 Å². The van der Waals surface area contributed by atoms with E-state index in [0.29, 0.717) is 5.02 Å². The Hall–Kier alpha value is -1.48. The van der Waals surface area contributed by atoms with Crippen LogP contribution in [0.5, 0.6) is 0 Å². The number of aliphatic carboxylic acids is 1. The van der Waals surface area contributed by atoms with Crippen LogP contribution < -0.4 is 0 Å². The van der Waals surface area contributed by atoms with Gasteiger partial charge in [0.15, 0.2) is 0 Å². The molecule has 18 heavy (non-hydrogen) atoms. The first-order valence-corrected chi connectivity index (χ1v) is 6.36. The summed E-state index contributed by atoms with van der Waals surface area (Å²) in [4.78, 5) is 11.0. The molecule has 3 nitrogen and oxygen atoms in total. The maximum absolute atomic E-state index is 11.0. The Morgan fingerprint density at radius 3 is 2.83 bits per heavy atom. The van der Waals surface area contributed by atoms with Crippen LogP contribution in [0.15, 0.2) is 24.4 Å². The molecule has 1 saturated carbocycles. The van der Waals surface area contributed by atoms with Gasteiger partial charge in [-0.25, -0.2) is 0 Å². The summed E-state index contributed by atoms with van der Waals surface area (Å²) in [5, 5.41) is 10.7. The highest BCUT2D eigenvalue weighted by Crippen LogP contribution is 2.52. The van der Waals surface area contributed by atoms with Crippen LogP contribution in [0, 0.1) is 0 Å². The second-order valence-electron chi connectivity index (χ2n) is 5.17. The summed E-state index contributed by atoms with van der Waals surface area (Å²) in [5.74, 6) is -0.740. The molecule has 3 rings (SSSR count). The van der Waals surface area contributed by atoms with Crippen LogP contribution in [0.3, 0.4) is 0 Å². The summed E-state index contributed by atoms with van der Waals surface area (Å²) in [6.07, 6.45) is 4.04. The lowest BCUT2D eigenvalue weighted by Gasteiger charge is -2.14. The number of hydrogen-bond acceptors (Lipinski definition) is 1. The van der Waals surface area contributed by atoms with Gasteiger partial charge in [-0.1, -0.05) is 11.6 Å². The van der Waals surface area contributed by atoms with Crippen molar-refractivity contribution in [2.45, 2.75) is 24.7 Å². The molecule has 4 heteroatoms. The molecule has 0 unspecified atom stereocenters. The minimum atomic E-state index is -0.740. The molecule has 1 aliphatic rings. The molecule has 0 bridgehead atoms. The first kappa shape index (κ1) is 11.6. The Labute approximate surface area is 110 Å². The number of nitrogens with zero attached hydrogens (tertiary/aromatic N) is 1. The maximum Gasteiger partial charge on any atom is 0.304 e. The van der Waals surface area contributed by atoms with E-state index >= 15 is 0 Å². The molecule has 0 amide bonds. The Morgan fingerprint density at radius 2 is 2.22 bits per heavy atom. The van der Waals surface area contributed by atoms with Crippen molar-refractivity contribution >= 4 is 28.5 Å². The summed E-state index contributed by atoms with van der Waals surface area (Å²) >= 11 is 6.29. The van der Waals surface area contributed by atoms with E-state index in [1.807, 2.05) is 29.9 Å². The topological polar surface area (TPSA) is 42.2 Å². The predicted molar refractivity (Wildman–Crippen MR) is 71.1 cm³/mol. The second kappa shape index (κ2) is 3.75. The van der Waals surface area contributed by atoms with Gasteiger partial charge in [-0.3, -0.25) is 4.79 Å². The van der Waals surface area contributed by atoms with Gasteiger partial charge in [0.25, 0.3) is 0 Å². The normalized spacial score (nSPS) is 17.0. The molecule has 1 heterocycles. The van der Waals surface area contributed by atoms with E-state index in [0.717, 1.165) is 29.3 Å². The van der Waals surface area contributed by atoms with E-state index < -0.39 is 5.97 Å². The zero-order valence-corrected chi connectivity index (χ0v) is 10.9. The van der Waals surface area contributed by atoms with Gasteiger partial charge in [-0.2, -0.15) is 0 Å². The van der Waals surface area contributed by atoms with E-state index in [1.165, 1.54) is 0 Å². The van der Waals surface area contributed by atoms with Crippen molar-refractivity contribution in [2.75, 3.05) is 0 Å². The average molecular weight is 264 g/mol. The Bertz CT molecular complexity index is 641. The first-order chi connectivity index (χ1) is 8.52. The number of carboxylic acids is 1. The van der Waals surface area contributed by atoms with E-state index in [4.69, 9.17) is 16.7 Å². The lowest BCUT2D eigenvalue weighted by molar-refractivity contribution is -0.137. The number of fused-ring (bicyclic) bond motifs is 1. The summed E-state index contributed by atoms with van der Waals surface area (Å²) in [6.45, 7) is 0. The third-order valence-electron chi connectivity index (χ3n) is 3.91. The number of carboxylic acid groups (broad SMARTS) is 1. The fourth-order valence-corrected chi connectivity index (χ4v) is 2.92. The SMILES string of the molecule is Cn1ccc2c(Cl)cc(C3(CC(=O)O)CC3)cc21. The summed E-state index contributed by atoms with van der Waals surface area (Å²) in [5.41, 5.74) is 1.94. The molecule has 0 atom stereocenters. The molecule has 1 N–H and O–H groups in total. The van der Waals surface area contributed by atoms with Crippen LogP contribution in [0.25, 0.3) is 10.9 Å². The van der Waals surface area contributed by atoms with Crippen molar-refractivity contribution < 1.29 is 9.90 Å². The molecule has 0 saturated heterocycles. The van der Waals surface area contributed by atoms with E-state index in [1.54, 1.807) is 0 Å². The lowest BCUT2D eigenvalue weighted by Crippen LogP contribution is -2.13. The summed E-state index contributed by atoms with van der Waals surface area (Å²) in [6, 6.07) is 6.00. The summed E-state index contributed by atoms with van der Waals surface area (Å²) < 4.78 is 2.02. The molecule has 0 aliphatic heterocycles. The standard InChI is InChI=1S/C14H14ClNO2/c1-16-5-2-10-11(15)6-9(7-12(10)16)14(3-4-14)8-13(17)18/h2,5-7H,3-4,8H2,1H3,(H,17,18). The minimum Gasteiger partial charge on any atom is -0.481 e. The van der Waals surface area contributed by atoms with E-state index in [-0.39, 0.29) is 11.8 Å². The van der Waals surface area contributed by atoms with Gasteiger partial charge in [-0.05, 0) is 36.6 Å². The Morgan fingerprint density at radius 1 is 1.50 bits per heavy atom.